The molecular weight excluding hydrogens is 818 g/mol. The minimum absolute atomic E-state index is 0.0620. The number of nitrogens with zero attached hydrogens (tertiary/aromatic N) is 2. The SMILES string of the molecule is Cc1ccc(N(c2ccc(C)cc2)c2ccc3c(c2)B(c2c(C)cc(C)cc2C)c2cc4c(cc2-3)B(c2c(C)cc(C)cc2C)c2cc(N(c3ccc(C)cc3)c3ccc(C)cc3)ccc2-4)cc1. The molecule has 0 aromatic heterocycles. The van der Waals surface area contributed by atoms with Gasteiger partial charge in [-0.3, -0.25) is 0 Å². The van der Waals surface area contributed by atoms with Gasteiger partial charge < -0.3 is 9.80 Å². The zero-order chi connectivity index (χ0) is 47.1. The molecule has 0 radical (unpaired) electrons. The number of hydrogen-bond donors (Lipinski definition) is 0. The Bertz CT molecular complexity index is 3070. The lowest BCUT2D eigenvalue weighted by Gasteiger charge is -2.27. The third-order valence-electron chi connectivity index (χ3n) is 14.9. The molecule has 0 amide bonds. The first-order valence-corrected chi connectivity index (χ1v) is 24.3. The number of anilines is 6. The Morgan fingerprint density at radius 1 is 0.235 bits per heavy atom. The molecule has 0 spiro atoms. The van der Waals surface area contributed by atoms with Crippen LogP contribution in [0.4, 0.5) is 34.1 Å². The lowest BCUT2D eigenvalue weighted by atomic mass is 9.36. The summed E-state index contributed by atoms with van der Waals surface area (Å²) < 4.78 is 0. The van der Waals surface area contributed by atoms with Gasteiger partial charge in [-0.1, -0.05) is 185 Å². The summed E-state index contributed by atoms with van der Waals surface area (Å²) >= 11 is 0. The van der Waals surface area contributed by atoms with Crippen molar-refractivity contribution in [2.45, 2.75) is 69.2 Å². The van der Waals surface area contributed by atoms with E-state index in [1.54, 1.807) is 0 Å². The molecule has 2 heterocycles. The Kier molecular flexibility index (Phi) is 10.7. The highest BCUT2D eigenvalue weighted by atomic mass is 15.1. The Morgan fingerprint density at radius 2 is 0.485 bits per heavy atom. The molecule has 0 N–H and O–H groups in total. The number of fused-ring (bicyclic) bond motifs is 6. The van der Waals surface area contributed by atoms with E-state index in [4.69, 9.17) is 0 Å². The standard InChI is InChI=1S/C64H58B2N2/c1-39-11-19-49(20-12-39)67(50-21-13-40(2)14-22-50)53-27-29-55-57-37-62-58(38-61(57)65(59(55)35-53)63-45(7)31-43(5)32-46(63)8)56-30-28-54(36-60(56)66(62)64-47(9)33-44(6)34-48(64)10)68(51-23-15-41(3)16-24-51)52-25-17-42(4)18-26-52/h11-38H,1-10H3. The molecule has 0 saturated carbocycles. The van der Waals surface area contributed by atoms with Crippen molar-refractivity contribution in [3.8, 4) is 22.3 Å². The van der Waals surface area contributed by atoms with Crippen LogP contribution in [-0.2, 0) is 0 Å². The number of rotatable bonds is 8. The van der Waals surface area contributed by atoms with Crippen molar-refractivity contribution in [3.63, 3.8) is 0 Å². The summed E-state index contributed by atoms with van der Waals surface area (Å²) in [5.74, 6) is 0. The van der Waals surface area contributed by atoms with Gasteiger partial charge in [0.2, 0.25) is 13.4 Å². The molecule has 11 rings (SSSR count). The van der Waals surface area contributed by atoms with Crippen LogP contribution in [0.1, 0.15) is 55.6 Å². The Labute approximate surface area is 405 Å². The normalized spacial score (nSPS) is 12.2. The van der Waals surface area contributed by atoms with E-state index in [-0.39, 0.29) is 13.4 Å². The molecule has 330 valence electrons. The van der Waals surface area contributed by atoms with Gasteiger partial charge in [-0.25, -0.2) is 0 Å². The van der Waals surface area contributed by atoms with Crippen molar-refractivity contribution in [2.75, 3.05) is 9.80 Å². The van der Waals surface area contributed by atoms with Crippen LogP contribution >= 0.6 is 0 Å². The molecule has 2 aliphatic heterocycles. The first kappa shape index (κ1) is 43.3. The number of aryl methyl sites for hydroxylation is 10. The van der Waals surface area contributed by atoms with Gasteiger partial charge in [0.05, 0.1) is 0 Å². The fraction of sp³-hybridized carbons (Fsp3) is 0.156. The van der Waals surface area contributed by atoms with Crippen LogP contribution < -0.4 is 42.6 Å². The summed E-state index contributed by atoms with van der Waals surface area (Å²) in [6, 6.07) is 65.1. The molecule has 0 aliphatic carbocycles. The fourth-order valence-electron chi connectivity index (χ4n) is 11.8. The summed E-state index contributed by atoms with van der Waals surface area (Å²) in [4.78, 5) is 4.86. The zero-order valence-electron chi connectivity index (χ0n) is 41.2. The van der Waals surface area contributed by atoms with Crippen LogP contribution in [0.2, 0.25) is 0 Å². The maximum Gasteiger partial charge on any atom is 0.243 e. The van der Waals surface area contributed by atoms with E-state index in [0.29, 0.717) is 0 Å². The van der Waals surface area contributed by atoms with Gasteiger partial charge in [0, 0.05) is 34.1 Å². The Balaban J connectivity index is 1.14. The molecule has 9 aromatic rings. The van der Waals surface area contributed by atoms with Crippen molar-refractivity contribution < 1.29 is 0 Å². The number of hydrogen-bond acceptors (Lipinski definition) is 2. The van der Waals surface area contributed by atoms with E-state index in [9.17, 15) is 0 Å². The molecule has 0 fully saturated rings. The lowest BCUT2D eigenvalue weighted by Crippen LogP contribution is -2.53. The van der Waals surface area contributed by atoms with E-state index in [1.165, 1.54) is 111 Å². The molecule has 0 bridgehead atoms. The summed E-state index contributed by atoms with van der Waals surface area (Å²) in [6.45, 7) is 22.5. The van der Waals surface area contributed by atoms with Gasteiger partial charge in [-0.05, 0) is 164 Å². The predicted molar refractivity (Wildman–Crippen MR) is 296 cm³/mol. The van der Waals surface area contributed by atoms with Gasteiger partial charge in [0.15, 0.2) is 0 Å². The minimum atomic E-state index is 0.0620. The summed E-state index contributed by atoms with van der Waals surface area (Å²) in [5.41, 5.74) is 33.6. The topological polar surface area (TPSA) is 6.48 Å². The number of benzene rings is 9. The molecule has 0 saturated heterocycles. The van der Waals surface area contributed by atoms with Crippen molar-refractivity contribution >= 4 is 80.3 Å². The monoisotopic (exact) mass is 876 g/mol. The highest BCUT2D eigenvalue weighted by Gasteiger charge is 2.42. The van der Waals surface area contributed by atoms with Crippen molar-refractivity contribution in [1.29, 1.82) is 0 Å². The fourth-order valence-corrected chi connectivity index (χ4v) is 11.8. The summed E-state index contributed by atoms with van der Waals surface area (Å²) in [5, 5.41) is 0. The van der Waals surface area contributed by atoms with Crippen molar-refractivity contribution in [1.82, 2.24) is 0 Å². The molecule has 9 aromatic carbocycles. The maximum absolute atomic E-state index is 2.60. The maximum atomic E-state index is 2.60. The lowest BCUT2D eigenvalue weighted by molar-refractivity contribution is 1.27. The van der Waals surface area contributed by atoms with Crippen molar-refractivity contribution in [2.24, 2.45) is 0 Å². The largest absolute Gasteiger partial charge is 0.311 e. The van der Waals surface area contributed by atoms with E-state index >= 15 is 0 Å². The van der Waals surface area contributed by atoms with Gasteiger partial charge >= 0.3 is 0 Å². The molecule has 0 unspecified atom stereocenters. The van der Waals surface area contributed by atoms with Crippen LogP contribution in [0.15, 0.2) is 170 Å². The van der Waals surface area contributed by atoms with E-state index in [2.05, 4.69) is 249 Å². The zero-order valence-corrected chi connectivity index (χ0v) is 41.2. The molecule has 0 atom stereocenters. The van der Waals surface area contributed by atoms with Crippen LogP contribution in [0.25, 0.3) is 22.3 Å². The minimum Gasteiger partial charge on any atom is -0.311 e. The van der Waals surface area contributed by atoms with Crippen LogP contribution in [0.5, 0.6) is 0 Å². The summed E-state index contributed by atoms with van der Waals surface area (Å²) in [6.07, 6.45) is 0. The summed E-state index contributed by atoms with van der Waals surface area (Å²) in [7, 11) is 0. The quantitative estimate of drug-likeness (QED) is 0.140. The highest BCUT2D eigenvalue weighted by Crippen LogP contribution is 2.40. The molecule has 2 nitrogen and oxygen atoms in total. The Hall–Kier alpha value is -7.29. The van der Waals surface area contributed by atoms with Crippen LogP contribution in [0.3, 0.4) is 0 Å². The molecule has 2 aliphatic rings. The predicted octanol–water partition coefficient (Wildman–Crippen LogP) is 12.7. The average Bonchev–Trinajstić information content (AvgIpc) is 3.78. The van der Waals surface area contributed by atoms with Gasteiger partial charge in [-0.15, -0.1) is 0 Å². The molecular formula is C64H58B2N2. The van der Waals surface area contributed by atoms with E-state index in [1.807, 2.05) is 0 Å². The van der Waals surface area contributed by atoms with Crippen LogP contribution in [0, 0.1) is 69.2 Å². The Morgan fingerprint density at radius 3 is 0.765 bits per heavy atom. The second-order valence-corrected chi connectivity index (χ2v) is 20.1. The third kappa shape index (κ3) is 7.39. The second-order valence-electron chi connectivity index (χ2n) is 20.1. The highest BCUT2D eigenvalue weighted by molar-refractivity contribution is 7.02. The van der Waals surface area contributed by atoms with E-state index in [0.717, 1.165) is 34.1 Å². The van der Waals surface area contributed by atoms with Gasteiger partial charge in [0.25, 0.3) is 0 Å². The first-order valence-electron chi connectivity index (χ1n) is 24.3. The third-order valence-corrected chi connectivity index (χ3v) is 14.9. The van der Waals surface area contributed by atoms with Crippen LogP contribution in [-0.4, -0.2) is 13.4 Å². The molecule has 4 heteroatoms. The van der Waals surface area contributed by atoms with Gasteiger partial charge in [-0.2, -0.15) is 0 Å². The van der Waals surface area contributed by atoms with Gasteiger partial charge in [0.1, 0.15) is 0 Å². The smallest absolute Gasteiger partial charge is 0.243 e. The van der Waals surface area contributed by atoms with Crippen molar-refractivity contribution in [3.05, 3.63) is 225 Å². The van der Waals surface area contributed by atoms with E-state index < -0.39 is 0 Å². The average molecular weight is 877 g/mol. The second kappa shape index (κ2) is 16.8. The molecule has 68 heavy (non-hydrogen) atoms. The first-order chi connectivity index (χ1) is 32.8.